The van der Waals surface area contributed by atoms with E-state index in [1.165, 1.54) is 63.1 Å². The largest absolute Gasteiger partial charge is 0.380 e. The summed E-state index contributed by atoms with van der Waals surface area (Å²) in [4.78, 5) is 0. The van der Waals surface area contributed by atoms with Gasteiger partial charge in [-0.2, -0.15) is 0 Å². The van der Waals surface area contributed by atoms with E-state index in [-0.39, 0.29) is 0 Å². The molecule has 1 aliphatic heterocycles. The molecule has 1 saturated carbocycles. The minimum Gasteiger partial charge on any atom is -0.380 e. The maximum absolute atomic E-state index is 6.15. The minimum absolute atomic E-state index is 0.476. The second kappa shape index (κ2) is 6.69. The highest BCUT2D eigenvalue weighted by Crippen LogP contribution is 2.62. The van der Waals surface area contributed by atoms with E-state index in [1.54, 1.807) is 0 Å². The van der Waals surface area contributed by atoms with Gasteiger partial charge in [0, 0.05) is 5.33 Å². The van der Waals surface area contributed by atoms with E-state index < -0.39 is 0 Å². The zero-order valence-corrected chi connectivity index (χ0v) is 15.4. The van der Waals surface area contributed by atoms with Crippen molar-refractivity contribution in [2.75, 3.05) is 18.5 Å². The molecule has 2 rings (SSSR count). The van der Waals surface area contributed by atoms with E-state index in [0.717, 1.165) is 13.2 Å². The fourth-order valence-corrected chi connectivity index (χ4v) is 6.37. The van der Waals surface area contributed by atoms with Crippen LogP contribution in [0.5, 0.6) is 0 Å². The van der Waals surface area contributed by atoms with Gasteiger partial charge in [-0.3, -0.25) is 0 Å². The Morgan fingerprint density at radius 2 is 1.30 bits per heavy atom. The Bertz CT molecular complexity index is 276. The summed E-state index contributed by atoms with van der Waals surface area (Å²) in [6.45, 7) is 9.07. The van der Waals surface area contributed by atoms with E-state index in [9.17, 15) is 0 Å². The molecule has 0 aromatic heterocycles. The van der Waals surface area contributed by atoms with Crippen LogP contribution < -0.4 is 0 Å². The zero-order chi connectivity index (χ0) is 14.7. The van der Waals surface area contributed by atoms with Gasteiger partial charge in [-0.1, -0.05) is 56.0 Å². The number of fused-ring (bicyclic) bond motifs is 2. The second-order valence-electron chi connectivity index (χ2n) is 7.91. The van der Waals surface area contributed by atoms with Crippen LogP contribution in [0.15, 0.2) is 0 Å². The molecule has 2 bridgehead atoms. The highest BCUT2D eigenvalue weighted by Gasteiger charge is 2.55. The number of rotatable bonds is 7. The standard InChI is InChI=1S/C18H33BrO/c1-4-7-16(13-19)10-17(8-5-2)12-18(11-16,9-6-3)15-20-14-17/h4-15H2,1-3H3/t16?,17-,18+. The van der Waals surface area contributed by atoms with Crippen LogP contribution in [-0.4, -0.2) is 18.5 Å². The number of hydrogen-bond donors (Lipinski definition) is 0. The van der Waals surface area contributed by atoms with Crippen molar-refractivity contribution >= 4 is 15.9 Å². The first-order valence-electron chi connectivity index (χ1n) is 8.71. The number of halogens is 1. The Balaban J connectivity index is 2.30. The molecule has 0 aromatic carbocycles. The summed E-state index contributed by atoms with van der Waals surface area (Å²) < 4.78 is 6.15. The van der Waals surface area contributed by atoms with E-state index in [4.69, 9.17) is 4.74 Å². The highest BCUT2D eigenvalue weighted by molar-refractivity contribution is 9.09. The van der Waals surface area contributed by atoms with Crippen molar-refractivity contribution in [3.05, 3.63) is 0 Å². The molecule has 20 heavy (non-hydrogen) atoms. The van der Waals surface area contributed by atoms with Crippen LogP contribution in [0.3, 0.4) is 0 Å². The molecule has 0 N–H and O–H groups in total. The molecule has 1 aliphatic carbocycles. The Labute approximate surface area is 134 Å². The van der Waals surface area contributed by atoms with Crippen LogP contribution in [0.25, 0.3) is 0 Å². The Kier molecular flexibility index (Phi) is 5.62. The van der Waals surface area contributed by atoms with Crippen molar-refractivity contribution in [2.45, 2.75) is 78.6 Å². The first-order valence-corrected chi connectivity index (χ1v) is 9.83. The van der Waals surface area contributed by atoms with Gasteiger partial charge in [0.15, 0.2) is 0 Å². The molecule has 0 spiro atoms. The SMILES string of the molecule is CCCC1(CBr)C[C@]2(CCC)COC[C@](CCC)(C1)C2. The lowest BCUT2D eigenvalue weighted by Gasteiger charge is -2.59. The maximum atomic E-state index is 6.15. The van der Waals surface area contributed by atoms with Gasteiger partial charge in [0.2, 0.25) is 0 Å². The van der Waals surface area contributed by atoms with Crippen LogP contribution in [0.1, 0.15) is 78.6 Å². The van der Waals surface area contributed by atoms with Gasteiger partial charge in [-0.05, 0) is 54.8 Å². The molecule has 2 aliphatic rings. The van der Waals surface area contributed by atoms with Gasteiger partial charge in [-0.15, -0.1) is 0 Å². The first-order chi connectivity index (χ1) is 9.57. The second-order valence-corrected chi connectivity index (χ2v) is 8.47. The number of hydrogen-bond acceptors (Lipinski definition) is 1. The zero-order valence-electron chi connectivity index (χ0n) is 13.8. The van der Waals surface area contributed by atoms with E-state index >= 15 is 0 Å². The molecule has 118 valence electrons. The van der Waals surface area contributed by atoms with Gasteiger partial charge in [0.05, 0.1) is 13.2 Å². The molecule has 3 atom stereocenters. The van der Waals surface area contributed by atoms with Crippen molar-refractivity contribution in [1.29, 1.82) is 0 Å². The third-order valence-electron chi connectivity index (χ3n) is 5.69. The molecule has 0 radical (unpaired) electrons. The van der Waals surface area contributed by atoms with Crippen molar-refractivity contribution < 1.29 is 4.74 Å². The Morgan fingerprint density at radius 1 is 0.800 bits per heavy atom. The molecule has 0 aromatic rings. The van der Waals surface area contributed by atoms with Crippen LogP contribution in [-0.2, 0) is 4.74 Å². The minimum atomic E-state index is 0.476. The monoisotopic (exact) mass is 344 g/mol. The van der Waals surface area contributed by atoms with Crippen LogP contribution in [0, 0.1) is 16.2 Å². The third kappa shape index (κ3) is 3.27. The normalized spacial score (nSPS) is 40.8. The molecular formula is C18H33BrO. The van der Waals surface area contributed by atoms with Gasteiger partial charge in [-0.25, -0.2) is 0 Å². The fourth-order valence-electron chi connectivity index (χ4n) is 5.69. The molecular weight excluding hydrogens is 312 g/mol. The summed E-state index contributed by atoms with van der Waals surface area (Å²) in [6, 6.07) is 0. The van der Waals surface area contributed by atoms with Crippen molar-refractivity contribution in [3.8, 4) is 0 Å². The predicted octanol–water partition coefficient (Wildman–Crippen LogP) is 5.95. The average Bonchev–Trinajstić information content (AvgIpc) is 2.38. The van der Waals surface area contributed by atoms with Gasteiger partial charge in [0.1, 0.15) is 0 Å². The van der Waals surface area contributed by atoms with E-state index in [2.05, 4.69) is 36.7 Å². The summed E-state index contributed by atoms with van der Waals surface area (Å²) in [5, 5.41) is 1.19. The van der Waals surface area contributed by atoms with Crippen molar-refractivity contribution in [1.82, 2.24) is 0 Å². The fraction of sp³-hybridized carbons (Fsp3) is 1.00. The van der Waals surface area contributed by atoms with Gasteiger partial charge in [0.25, 0.3) is 0 Å². The van der Waals surface area contributed by atoms with Crippen molar-refractivity contribution in [3.63, 3.8) is 0 Å². The van der Waals surface area contributed by atoms with E-state index in [1.807, 2.05) is 0 Å². The summed E-state index contributed by atoms with van der Waals surface area (Å²) in [7, 11) is 0. The maximum Gasteiger partial charge on any atom is 0.0523 e. The van der Waals surface area contributed by atoms with Crippen molar-refractivity contribution in [2.24, 2.45) is 16.2 Å². The number of alkyl halides is 1. The topological polar surface area (TPSA) is 9.23 Å². The Hall–Kier alpha value is 0.440. The number of ether oxygens (including phenoxy) is 1. The molecule has 1 unspecified atom stereocenters. The average molecular weight is 345 g/mol. The summed E-state index contributed by atoms with van der Waals surface area (Å²) in [5.74, 6) is 0. The molecule has 1 nitrogen and oxygen atoms in total. The van der Waals surface area contributed by atoms with E-state index in [0.29, 0.717) is 16.2 Å². The van der Waals surface area contributed by atoms with Crippen LogP contribution >= 0.6 is 15.9 Å². The van der Waals surface area contributed by atoms with Crippen LogP contribution in [0.4, 0.5) is 0 Å². The first kappa shape index (κ1) is 16.8. The summed E-state index contributed by atoms with van der Waals surface area (Å²) in [6.07, 6.45) is 12.2. The van der Waals surface area contributed by atoms with Gasteiger partial charge >= 0.3 is 0 Å². The highest BCUT2D eigenvalue weighted by atomic mass is 79.9. The molecule has 2 fully saturated rings. The quantitative estimate of drug-likeness (QED) is 0.518. The lowest BCUT2D eigenvalue weighted by Crippen LogP contribution is -2.54. The van der Waals surface area contributed by atoms with Crippen LogP contribution in [0.2, 0.25) is 0 Å². The molecule has 1 heterocycles. The lowest BCUT2D eigenvalue weighted by molar-refractivity contribution is -0.164. The molecule has 0 amide bonds. The smallest absolute Gasteiger partial charge is 0.0523 e. The predicted molar refractivity (Wildman–Crippen MR) is 90.5 cm³/mol. The summed E-state index contributed by atoms with van der Waals surface area (Å²) >= 11 is 3.89. The molecule has 1 saturated heterocycles. The molecule has 2 heteroatoms. The third-order valence-corrected chi connectivity index (χ3v) is 6.88. The summed E-state index contributed by atoms with van der Waals surface area (Å²) in [5.41, 5.74) is 1.48. The van der Waals surface area contributed by atoms with Gasteiger partial charge < -0.3 is 4.74 Å². The Morgan fingerprint density at radius 3 is 1.70 bits per heavy atom. The lowest BCUT2D eigenvalue weighted by atomic mass is 9.50.